The molecular weight excluding hydrogens is 245 g/mol. The minimum Gasteiger partial charge on any atom is -0.389 e. The summed E-state index contributed by atoms with van der Waals surface area (Å²) in [5.41, 5.74) is 1.15. The Morgan fingerprint density at radius 2 is 2.32 bits per heavy atom. The van der Waals surface area contributed by atoms with Crippen LogP contribution in [0.2, 0.25) is 0 Å². The molecule has 0 amide bonds. The summed E-state index contributed by atoms with van der Waals surface area (Å²) in [5.74, 6) is -0.279. The van der Waals surface area contributed by atoms with Crippen LogP contribution in [-0.4, -0.2) is 30.9 Å². The Balaban J connectivity index is 2.25. The van der Waals surface area contributed by atoms with Crippen LogP contribution in [0.3, 0.4) is 0 Å². The second-order valence-corrected chi connectivity index (χ2v) is 5.03. The van der Waals surface area contributed by atoms with Gasteiger partial charge in [0.05, 0.1) is 17.9 Å². The minimum atomic E-state index is -0.677. The monoisotopic (exact) mass is 267 g/mol. The van der Waals surface area contributed by atoms with E-state index in [1.807, 2.05) is 11.8 Å². The van der Waals surface area contributed by atoms with E-state index in [2.05, 4.69) is 0 Å². The van der Waals surface area contributed by atoms with E-state index in [0.29, 0.717) is 24.3 Å². The molecule has 2 unspecified atom stereocenters. The van der Waals surface area contributed by atoms with Crippen molar-refractivity contribution in [1.82, 2.24) is 0 Å². The van der Waals surface area contributed by atoms with E-state index >= 15 is 0 Å². The molecule has 1 fully saturated rings. The molecule has 0 aromatic heterocycles. The van der Waals surface area contributed by atoms with Gasteiger partial charge in [-0.3, -0.25) is 0 Å². The number of rotatable bonds is 5. The highest BCUT2D eigenvalue weighted by atomic mass is 19.1. The fourth-order valence-electron chi connectivity index (χ4n) is 2.62. The Morgan fingerprint density at radius 3 is 2.89 bits per heavy atom. The third-order valence-electron chi connectivity index (χ3n) is 3.61. The van der Waals surface area contributed by atoms with Gasteiger partial charge in [0.25, 0.3) is 0 Å². The van der Waals surface area contributed by atoms with Gasteiger partial charge in [-0.05, 0) is 32.8 Å². The van der Waals surface area contributed by atoms with Crippen LogP contribution < -0.4 is 4.90 Å². The zero-order chi connectivity index (χ0) is 13.8. The number of halogens is 1. The van der Waals surface area contributed by atoms with Crippen molar-refractivity contribution in [1.29, 1.82) is 0 Å². The summed E-state index contributed by atoms with van der Waals surface area (Å²) in [7, 11) is 0. The van der Waals surface area contributed by atoms with E-state index in [-0.39, 0.29) is 11.9 Å². The van der Waals surface area contributed by atoms with Crippen LogP contribution in [0.1, 0.15) is 38.4 Å². The van der Waals surface area contributed by atoms with Gasteiger partial charge < -0.3 is 14.7 Å². The van der Waals surface area contributed by atoms with Crippen LogP contribution >= 0.6 is 0 Å². The molecule has 2 atom stereocenters. The van der Waals surface area contributed by atoms with Gasteiger partial charge in [-0.2, -0.15) is 0 Å². The van der Waals surface area contributed by atoms with Crippen LogP contribution in [0.4, 0.5) is 10.1 Å². The lowest BCUT2D eigenvalue weighted by Crippen LogP contribution is -2.33. The number of aliphatic hydroxyl groups excluding tert-OH is 1. The molecule has 106 valence electrons. The number of ether oxygens (including phenoxy) is 1. The van der Waals surface area contributed by atoms with Gasteiger partial charge in [0, 0.05) is 25.3 Å². The third-order valence-corrected chi connectivity index (χ3v) is 3.61. The maximum absolute atomic E-state index is 14.1. The van der Waals surface area contributed by atoms with E-state index < -0.39 is 6.10 Å². The molecule has 1 saturated heterocycles. The summed E-state index contributed by atoms with van der Waals surface area (Å²) in [6.07, 6.45) is 1.59. The van der Waals surface area contributed by atoms with E-state index in [4.69, 9.17) is 4.74 Å². The highest BCUT2D eigenvalue weighted by molar-refractivity contribution is 5.55. The molecule has 4 heteroatoms. The number of benzene rings is 1. The number of hydrogen-bond acceptors (Lipinski definition) is 3. The first kappa shape index (κ1) is 14.3. The Labute approximate surface area is 114 Å². The minimum absolute atomic E-state index is 0.168. The molecule has 0 spiro atoms. The number of para-hydroxylation sites is 1. The Morgan fingerprint density at radius 1 is 1.53 bits per heavy atom. The molecule has 1 aromatic carbocycles. The fourth-order valence-corrected chi connectivity index (χ4v) is 2.62. The molecule has 1 N–H and O–H groups in total. The first-order chi connectivity index (χ1) is 9.13. The van der Waals surface area contributed by atoms with Gasteiger partial charge in [-0.15, -0.1) is 0 Å². The van der Waals surface area contributed by atoms with Crippen molar-refractivity contribution in [2.75, 3.05) is 24.6 Å². The molecule has 1 aliphatic heterocycles. The third kappa shape index (κ3) is 3.25. The quantitative estimate of drug-likeness (QED) is 0.890. The van der Waals surface area contributed by atoms with Crippen LogP contribution in [-0.2, 0) is 4.74 Å². The van der Waals surface area contributed by atoms with E-state index in [1.165, 1.54) is 6.07 Å². The summed E-state index contributed by atoms with van der Waals surface area (Å²) in [5, 5.41) is 9.81. The average molecular weight is 267 g/mol. The van der Waals surface area contributed by atoms with Crippen LogP contribution in [0.25, 0.3) is 0 Å². The standard InChI is InChI=1S/C15H22FNO2/c1-3-17(10-12-6-5-9-19-12)15-13(11(2)18)7-4-8-14(15)16/h4,7-8,11-12,18H,3,5-6,9-10H2,1-2H3. The van der Waals surface area contributed by atoms with Crippen molar-refractivity contribution in [3.8, 4) is 0 Å². The molecule has 1 heterocycles. The van der Waals surface area contributed by atoms with Crippen molar-refractivity contribution < 1.29 is 14.2 Å². The number of anilines is 1. The average Bonchev–Trinajstić information content (AvgIpc) is 2.89. The van der Waals surface area contributed by atoms with Crippen molar-refractivity contribution in [3.63, 3.8) is 0 Å². The van der Waals surface area contributed by atoms with E-state index in [0.717, 1.165) is 19.4 Å². The maximum atomic E-state index is 14.1. The Hall–Kier alpha value is -1.13. The van der Waals surface area contributed by atoms with E-state index in [1.54, 1.807) is 19.1 Å². The van der Waals surface area contributed by atoms with E-state index in [9.17, 15) is 9.50 Å². The van der Waals surface area contributed by atoms with Crippen molar-refractivity contribution in [2.24, 2.45) is 0 Å². The smallest absolute Gasteiger partial charge is 0.146 e. The van der Waals surface area contributed by atoms with Gasteiger partial charge in [0.15, 0.2) is 0 Å². The molecule has 1 aliphatic rings. The van der Waals surface area contributed by atoms with Crippen molar-refractivity contribution in [2.45, 2.75) is 38.9 Å². The van der Waals surface area contributed by atoms with Gasteiger partial charge in [-0.1, -0.05) is 12.1 Å². The Bertz CT molecular complexity index is 417. The molecule has 0 bridgehead atoms. The van der Waals surface area contributed by atoms with Crippen LogP contribution in [0, 0.1) is 5.82 Å². The first-order valence-corrected chi connectivity index (χ1v) is 6.96. The largest absolute Gasteiger partial charge is 0.389 e. The topological polar surface area (TPSA) is 32.7 Å². The lowest BCUT2D eigenvalue weighted by Gasteiger charge is -2.29. The molecule has 0 saturated carbocycles. The molecule has 0 aliphatic carbocycles. The number of hydrogen-bond donors (Lipinski definition) is 1. The fraction of sp³-hybridized carbons (Fsp3) is 0.600. The number of nitrogens with zero attached hydrogens (tertiary/aromatic N) is 1. The van der Waals surface area contributed by atoms with Gasteiger partial charge in [-0.25, -0.2) is 4.39 Å². The summed E-state index contributed by atoms with van der Waals surface area (Å²) < 4.78 is 19.7. The highest BCUT2D eigenvalue weighted by Crippen LogP contribution is 2.30. The summed E-state index contributed by atoms with van der Waals surface area (Å²) in [6, 6.07) is 4.86. The molecule has 19 heavy (non-hydrogen) atoms. The SMILES string of the molecule is CCN(CC1CCCO1)c1c(F)cccc1C(C)O. The lowest BCUT2D eigenvalue weighted by molar-refractivity contribution is 0.115. The van der Waals surface area contributed by atoms with Gasteiger partial charge >= 0.3 is 0 Å². The summed E-state index contributed by atoms with van der Waals surface area (Å²) >= 11 is 0. The molecule has 0 radical (unpaired) electrons. The molecular formula is C15H22FNO2. The summed E-state index contributed by atoms with van der Waals surface area (Å²) in [4.78, 5) is 1.97. The molecule has 2 rings (SSSR count). The zero-order valence-corrected chi connectivity index (χ0v) is 11.6. The van der Waals surface area contributed by atoms with Gasteiger partial charge in [0.1, 0.15) is 5.82 Å². The molecule has 3 nitrogen and oxygen atoms in total. The van der Waals surface area contributed by atoms with Crippen LogP contribution in [0.5, 0.6) is 0 Å². The number of likely N-dealkylation sites (N-methyl/N-ethyl adjacent to an activating group) is 1. The second kappa shape index (κ2) is 6.35. The maximum Gasteiger partial charge on any atom is 0.146 e. The Kier molecular flexibility index (Phi) is 4.77. The normalized spacial score (nSPS) is 20.5. The van der Waals surface area contributed by atoms with Crippen molar-refractivity contribution in [3.05, 3.63) is 29.6 Å². The van der Waals surface area contributed by atoms with Gasteiger partial charge in [0.2, 0.25) is 0 Å². The lowest BCUT2D eigenvalue weighted by atomic mass is 10.1. The first-order valence-electron chi connectivity index (χ1n) is 6.96. The zero-order valence-electron chi connectivity index (χ0n) is 11.6. The van der Waals surface area contributed by atoms with Crippen LogP contribution in [0.15, 0.2) is 18.2 Å². The van der Waals surface area contributed by atoms with Crippen molar-refractivity contribution >= 4 is 5.69 Å². The number of aliphatic hydroxyl groups is 1. The predicted molar refractivity (Wildman–Crippen MR) is 73.9 cm³/mol. The second-order valence-electron chi connectivity index (χ2n) is 5.03. The predicted octanol–water partition coefficient (Wildman–Crippen LogP) is 2.88. The highest BCUT2D eigenvalue weighted by Gasteiger charge is 2.23. The summed E-state index contributed by atoms with van der Waals surface area (Å²) in [6.45, 7) is 5.83. The molecule has 1 aromatic rings.